The molecule has 0 spiro atoms. The Morgan fingerprint density at radius 3 is 2.33 bits per heavy atom. The van der Waals surface area contributed by atoms with Crippen molar-refractivity contribution in [1.29, 1.82) is 0 Å². The fraction of sp³-hybridized carbons (Fsp3) is 1.00. The lowest BCUT2D eigenvalue weighted by atomic mass is 9.84. The lowest BCUT2D eigenvalue weighted by molar-refractivity contribution is -0.0788. The monoisotopic (exact) mass is 210 g/mol. The molecule has 4 fully saturated rings. The summed E-state index contributed by atoms with van der Waals surface area (Å²) in [4.78, 5) is 8.38. The second-order valence-electron chi connectivity index (χ2n) is 5.39. The van der Waals surface area contributed by atoms with E-state index < -0.39 is 0 Å². The summed E-state index contributed by atoms with van der Waals surface area (Å²) >= 11 is 0. The van der Waals surface area contributed by atoms with Crippen LogP contribution >= 0.6 is 0 Å². The highest BCUT2D eigenvalue weighted by atomic mass is 16.7. The molecule has 0 aromatic heterocycles. The molecule has 0 aromatic carbocycles. The van der Waals surface area contributed by atoms with E-state index in [-0.39, 0.29) is 0 Å². The van der Waals surface area contributed by atoms with Crippen molar-refractivity contribution in [3.63, 3.8) is 0 Å². The first-order valence-electron chi connectivity index (χ1n) is 6.55. The Balaban J connectivity index is 1.46. The molecule has 3 saturated heterocycles. The maximum absolute atomic E-state index is 5.82. The van der Waals surface area contributed by atoms with Gasteiger partial charge in [-0.15, -0.1) is 0 Å². The lowest BCUT2D eigenvalue weighted by Crippen LogP contribution is -2.56. The number of hydrogen-bond acceptors (Lipinski definition) is 3. The van der Waals surface area contributed by atoms with E-state index in [1.165, 1.54) is 58.2 Å². The molecule has 1 atom stereocenters. The molecule has 0 amide bonds. The topological polar surface area (TPSA) is 24.5 Å². The van der Waals surface area contributed by atoms with E-state index in [1.54, 1.807) is 0 Å². The van der Waals surface area contributed by atoms with Crippen LogP contribution in [0.1, 0.15) is 38.5 Å². The molecule has 2 bridgehead atoms. The smallest absolute Gasteiger partial charge is 0.0790 e. The number of piperidine rings is 3. The molecule has 1 saturated carbocycles. The fourth-order valence-electron chi connectivity index (χ4n) is 3.29. The Kier molecular flexibility index (Phi) is 2.95. The van der Waals surface area contributed by atoms with Gasteiger partial charge in [0.05, 0.1) is 6.10 Å². The van der Waals surface area contributed by atoms with Crippen molar-refractivity contribution < 1.29 is 4.84 Å². The first-order valence-corrected chi connectivity index (χ1v) is 6.55. The van der Waals surface area contributed by atoms with Gasteiger partial charge in [0, 0.05) is 12.6 Å². The molecular formula is C12H22N2O. The summed E-state index contributed by atoms with van der Waals surface area (Å²) in [7, 11) is 0. The van der Waals surface area contributed by atoms with E-state index in [4.69, 9.17) is 4.84 Å². The van der Waals surface area contributed by atoms with Gasteiger partial charge in [0.2, 0.25) is 0 Å². The molecule has 3 heteroatoms. The lowest BCUT2D eigenvalue weighted by Gasteiger charge is -2.44. The van der Waals surface area contributed by atoms with Gasteiger partial charge in [-0.3, -0.25) is 4.84 Å². The SMILES string of the molecule is C1CCC(ONC2CN3CCC2CC3)C1. The molecule has 0 aromatic rings. The molecular weight excluding hydrogens is 188 g/mol. The highest BCUT2D eigenvalue weighted by Crippen LogP contribution is 2.28. The summed E-state index contributed by atoms with van der Waals surface area (Å²) in [6, 6.07) is 0.605. The van der Waals surface area contributed by atoms with Crippen LogP contribution < -0.4 is 5.48 Å². The third-order valence-corrected chi connectivity index (χ3v) is 4.34. The summed E-state index contributed by atoms with van der Waals surface area (Å²) in [6.07, 6.45) is 8.46. The van der Waals surface area contributed by atoms with E-state index >= 15 is 0 Å². The van der Waals surface area contributed by atoms with Crippen LogP contribution in [-0.4, -0.2) is 36.7 Å². The zero-order valence-electron chi connectivity index (χ0n) is 9.45. The van der Waals surface area contributed by atoms with Crippen LogP contribution in [0.3, 0.4) is 0 Å². The van der Waals surface area contributed by atoms with Gasteiger partial charge in [0.15, 0.2) is 0 Å². The molecule has 15 heavy (non-hydrogen) atoms. The number of nitrogens with one attached hydrogen (secondary N) is 1. The maximum Gasteiger partial charge on any atom is 0.0790 e. The first kappa shape index (κ1) is 10.1. The van der Waals surface area contributed by atoms with Gasteiger partial charge >= 0.3 is 0 Å². The van der Waals surface area contributed by atoms with Crippen molar-refractivity contribution in [2.24, 2.45) is 5.92 Å². The highest BCUT2D eigenvalue weighted by molar-refractivity contribution is 4.89. The van der Waals surface area contributed by atoms with Crippen LogP contribution in [-0.2, 0) is 4.84 Å². The number of fused-ring (bicyclic) bond motifs is 3. The van der Waals surface area contributed by atoms with Gasteiger partial charge in [-0.25, -0.2) is 0 Å². The summed E-state index contributed by atoms with van der Waals surface area (Å²) in [5, 5.41) is 0. The molecule has 1 unspecified atom stereocenters. The van der Waals surface area contributed by atoms with Crippen molar-refractivity contribution in [2.45, 2.75) is 50.7 Å². The zero-order chi connectivity index (χ0) is 10.1. The van der Waals surface area contributed by atoms with Crippen molar-refractivity contribution in [3.05, 3.63) is 0 Å². The molecule has 4 aliphatic rings. The highest BCUT2D eigenvalue weighted by Gasteiger charge is 2.34. The van der Waals surface area contributed by atoms with Crippen molar-refractivity contribution in [3.8, 4) is 0 Å². The van der Waals surface area contributed by atoms with E-state index in [1.807, 2.05) is 0 Å². The van der Waals surface area contributed by atoms with Gasteiger partial charge < -0.3 is 4.90 Å². The largest absolute Gasteiger partial charge is 0.302 e. The molecule has 1 N–H and O–H groups in total. The van der Waals surface area contributed by atoms with Crippen LogP contribution in [0.15, 0.2) is 0 Å². The van der Waals surface area contributed by atoms with E-state index in [0.717, 1.165) is 5.92 Å². The Labute approximate surface area is 92.1 Å². The summed E-state index contributed by atoms with van der Waals surface area (Å²) in [5.74, 6) is 0.872. The molecule has 1 aliphatic carbocycles. The van der Waals surface area contributed by atoms with E-state index in [2.05, 4.69) is 10.4 Å². The van der Waals surface area contributed by atoms with E-state index in [0.29, 0.717) is 12.1 Å². The number of hydroxylamine groups is 1. The Hall–Kier alpha value is -0.120. The third kappa shape index (κ3) is 2.19. The van der Waals surface area contributed by atoms with Crippen LogP contribution in [0.5, 0.6) is 0 Å². The average molecular weight is 210 g/mol. The number of rotatable bonds is 3. The minimum atomic E-state index is 0.500. The molecule has 3 heterocycles. The minimum Gasteiger partial charge on any atom is -0.302 e. The van der Waals surface area contributed by atoms with Gasteiger partial charge in [0.1, 0.15) is 0 Å². The predicted octanol–water partition coefficient (Wildman–Crippen LogP) is 1.54. The Morgan fingerprint density at radius 2 is 1.73 bits per heavy atom. The fourth-order valence-corrected chi connectivity index (χ4v) is 3.29. The molecule has 86 valence electrons. The van der Waals surface area contributed by atoms with Crippen LogP contribution in [0.2, 0.25) is 0 Å². The number of nitrogens with zero attached hydrogens (tertiary/aromatic N) is 1. The summed E-state index contributed by atoms with van der Waals surface area (Å²) in [5.41, 5.74) is 3.35. The second-order valence-corrected chi connectivity index (χ2v) is 5.39. The van der Waals surface area contributed by atoms with Gasteiger partial charge in [-0.05, 0) is 44.7 Å². The predicted molar refractivity (Wildman–Crippen MR) is 59.4 cm³/mol. The molecule has 3 nitrogen and oxygen atoms in total. The van der Waals surface area contributed by atoms with Gasteiger partial charge in [0.25, 0.3) is 0 Å². The number of hydrogen-bond donors (Lipinski definition) is 1. The standard InChI is InChI=1S/C12H22N2O/c1-2-4-11(3-1)15-13-12-9-14-7-5-10(12)6-8-14/h10-13H,1-9H2. The first-order chi connectivity index (χ1) is 7.42. The molecule has 4 rings (SSSR count). The maximum atomic E-state index is 5.82. The zero-order valence-corrected chi connectivity index (χ0v) is 9.45. The van der Waals surface area contributed by atoms with Crippen molar-refractivity contribution in [1.82, 2.24) is 10.4 Å². The normalized spacial score (nSPS) is 41.2. The van der Waals surface area contributed by atoms with Crippen LogP contribution in [0.4, 0.5) is 0 Å². The third-order valence-electron chi connectivity index (χ3n) is 4.34. The van der Waals surface area contributed by atoms with Gasteiger partial charge in [-0.2, -0.15) is 5.48 Å². The molecule has 0 radical (unpaired) electrons. The van der Waals surface area contributed by atoms with Crippen molar-refractivity contribution in [2.75, 3.05) is 19.6 Å². The van der Waals surface area contributed by atoms with Gasteiger partial charge in [-0.1, -0.05) is 12.8 Å². The Morgan fingerprint density at radius 1 is 1.00 bits per heavy atom. The van der Waals surface area contributed by atoms with Crippen LogP contribution in [0, 0.1) is 5.92 Å². The summed E-state index contributed by atoms with van der Waals surface area (Å²) in [6.45, 7) is 3.83. The molecule has 3 aliphatic heterocycles. The minimum absolute atomic E-state index is 0.500. The van der Waals surface area contributed by atoms with Crippen LogP contribution in [0.25, 0.3) is 0 Å². The summed E-state index contributed by atoms with van der Waals surface area (Å²) < 4.78 is 0. The Bertz CT molecular complexity index is 208. The van der Waals surface area contributed by atoms with E-state index in [9.17, 15) is 0 Å². The second kappa shape index (κ2) is 4.40. The quantitative estimate of drug-likeness (QED) is 0.715. The average Bonchev–Trinajstić information content (AvgIpc) is 2.81. The van der Waals surface area contributed by atoms with Crippen molar-refractivity contribution >= 4 is 0 Å².